The first-order valence-electron chi connectivity index (χ1n) is 8.27. The summed E-state index contributed by atoms with van der Waals surface area (Å²) in [6.45, 7) is 6.87. The summed E-state index contributed by atoms with van der Waals surface area (Å²) in [4.78, 5) is 4.40. The van der Waals surface area contributed by atoms with Gasteiger partial charge in [-0.25, -0.2) is 0 Å². The van der Waals surface area contributed by atoms with Crippen LogP contribution in [-0.2, 0) is 6.54 Å². The Morgan fingerprint density at radius 1 is 0.958 bits per heavy atom. The Bertz CT molecular complexity index is 648. The third-order valence-corrected chi connectivity index (χ3v) is 4.15. The Hall–Kier alpha value is -1.91. The minimum absolute atomic E-state index is 0.769. The Morgan fingerprint density at radius 2 is 1.58 bits per heavy atom. The van der Waals surface area contributed by atoms with Gasteiger partial charge in [-0.1, -0.05) is 36.4 Å². The standard InChI is InChI=1S/C20H27N3S/c1-16-12-17(2)14-19(13-16)21-20(24)23(11-10-22(3)4)15-18-8-6-5-7-9-18/h5-9,12-14H,10-11,15H2,1-4H3,(H,21,24). The van der Waals surface area contributed by atoms with E-state index in [1.54, 1.807) is 0 Å². The lowest BCUT2D eigenvalue weighted by atomic mass is 10.1. The van der Waals surface area contributed by atoms with Crippen LogP contribution in [0.3, 0.4) is 0 Å². The first-order chi connectivity index (χ1) is 11.4. The van der Waals surface area contributed by atoms with Gasteiger partial charge in [0.2, 0.25) is 0 Å². The van der Waals surface area contributed by atoms with E-state index in [1.165, 1.54) is 16.7 Å². The van der Waals surface area contributed by atoms with E-state index in [9.17, 15) is 0 Å². The van der Waals surface area contributed by atoms with Crippen molar-refractivity contribution in [3.05, 3.63) is 65.2 Å². The SMILES string of the molecule is Cc1cc(C)cc(NC(=S)N(CCN(C)C)Cc2ccccc2)c1. The maximum Gasteiger partial charge on any atom is 0.173 e. The third-order valence-electron chi connectivity index (χ3n) is 3.79. The minimum Gasteiger partial charge on any atom is -0.343 e. The Kier molecular flexibility index (Phi) is 6.76. The van der Waals surface area contributed by atoms with E-state index in [2.05, 4.69) is 85.5 Å². The number of benzene rings is 2. The highest BCUT2D eigenvalue weighted by Gasteiger charge is 2.11. The number of hydrogen-bond acceptors (Lipinski definition) is 2. The molecule has 4 heteroatoms. The maximum atomic E-state index is 5.69. The lowest BCUT2D eigenvalue weighted by Crippen LogP contribution is -2.38. The van der Waals surface area contributed by atoms with Crippen LogP contribution in [0.5, 0.6) is 0 Å². The van der Waals surface area contributed by atoms with Crippen LogP contribution in [0.4, 0.5) is 5.69 Å². The summed E-state index contributed by atoms with van der Waals surface area (Å²) in [6.07, 6.45) is 0. The number of rotatable bonds is 6. The molecule has 24 heavy (non-hydrogen) atoms. The van der Waals surface area contributed by atoms with Gasteiger partial charge in [-0.05, 0) is 69.0 Å². The Balaban J connectivity index is 2.10. The molecule has 0 radical (unpaired) electrons. The normalized spacial score (nSPS) is 10.7. The van der Waals surface area contributed by atoms with Crippen molar-refractivity contribution in [1.82, 2.24) is 9.80 Å². The molecule has 0 aliphatic heterocycles. The zero-order chi connectivity index (χ0) is 17.5. The predicted octanol–water partition coefficient (Wildman–Crippen LogP) is 4.06. The highest BCUT2D eigenvalue weighted by atomic mass is 32.1. The molecule has 0 bridgehead atoms. The minimum atomic E-state index is 0.769. The smallest absolute Gasteiger partial charge is 0.173 e. The summed E-state index contributed by atoms with van der Waals surface area (Å²) >= 11 is 5.69. The van der Waals surface area contributed by atoms with Crippen LogP contribution >= 0.6 is 12.2 Å². The second kappa shape index (κ2) is 8.81. The molecule has 2 aromatic carbocycles. The third kappa shape index (κ3) is 5.95. The van der Waals surface area contributed by atoms with Crippen LogP contribution in [0.15, 0.2) is 48.5 Å². The number of likely N-dealkylation sites (N-methyl/N-ethyl adjacent to an activating group) is 1. The average Bonchev–Trinajstić information content (AvgIpc) is 2.51. The van der Waals surface area contributed by atoms with Crippen molar-refractivity contribution in [3.8, 4) is 0 Å². The number of thiocarbonyl (C=S) groups is 1. The molecular formula is C20H27N3S. The number of nitrogens with one attached hydrogen (secondary N) is 1. The molecule has 0 aliphatic rings. The molecular weight excluding hydrogens is 314 g/mol. The highest BCUT2D eigenvalue weighted by molar-refractivity contribution is 7.80. The molecule has 0 fully saturated rings. The lowest BCUT2D eigenvalue weighted by Gasteiger charge is -2.27. The van der Waals surface area contributed by atoms with Crippen molar-refractivity contribution >= 4 is 23.0 Å². The molecule has 0 saturated carbocycles. The number of nitrogens with zero attached hydrogens (tertiary/aromatic N) is 2. The summed E-state index contributed by atoms with van der Waals surface area (Å²) in [5.41, 5.74) is 4.80. The van der Waals surface area contributed by atoms with Crippen molar-refractivity contribution in [1.29, 1.82) is 0 Å². The fourth-order valence-electron chi connectivity index (χ4n) is 2.63. The summed E-state index contributed by atoms with van der Waals surface area (Å²) in [5, 5.41) is 4.18. The first kappa shape index (κ1) is 18.4. The van der Waals surface area contributed by atoms with Crippen LogP contribution in [-0.4, -0.2) is 42.1 Å². The van der Waals surface area contributed by atoms with E-state index < -0.39 is 0 Å². The fourth-order valence-corrected chi connectivity index (χ4v) is 2.90. The van der Waals surface area contributed by atoms with E-state index in [4.69, 9.17) is 12.2 Å². The van der Waals surface area contributed by atoms with Gasteiger partial charge in [0.25, 0.3) is 0 Å². The van der Waals surface area contributed by atoms with Gasteiger partial charge in [-0.3, -0.25) is 0 Å². The number of aryl methyl sites for hydroxylation is 2. The van der Waals surface area contributed by atoms with Crippen LogP contribution in [0.2, 0.25) is 0 Å². The molecule has 0 unspecified atom stereocenters. The molecule has 0 saturated heterocycles. The molecule has 3 nitrogen and oxygen atoms in total. The number of anilines is 1. The maximum absolute atomic E-state index is 5.69. The molecule has 0 heterocycles. The second-order valence-electron chi connectivity index (χ2n) is 6.52. The Morgan fingerprint density at radius 3 is 2.17 bits per heavy atom. The van der Waals surface area contributed by atoms with E-state index in [0.29, 0.717) is 0 Å². The highest BCUT2D eigenvalue weighted by Crippen LogP contribution is 2.15. The van der Waals surface area contributed by atoms with E-state index in [-0.39, 0.29) is 0 Å². The van der Waals surface area contributed by atoms with Gasteiger partial charge in [0.1, 0.15) is 0 Å². The van der Waals surface area contributed by atoms with E-state index in [0.717, 1.165) is 30.4 Å². The summed E-state index contributed by atoms with van der Waals surface area (Å²) in [7, 11) is 4.17. The van der Waals surface area contributed by atoms with E-state index >= 15 is 0 Å². The largest absolute Gasteiger partial charge is 0.343 e. The topological polar surface area (TPSA) is 18.5 Å². The Labute approximate surface area is 151 Å². The van der Waals surface area contributed by atoms with Gasteiger partial charge in [-0.2, -0.15) is 0 Å². The first-order valence-corrected chi connectivity index (χ1v) is 8.68. The predicted molar refractivity (Wildman–Crippen MR) is 108 cm³/mol. The zero-order valence-electron chi connectivity index (χ0n) is 15.0. The van der Waals surface area contributed by atoms with Gasteiger partial charge < -0.3 is 15.1 Å². The quantitative estimate of drug-likeness (QED) is 0.798. The molecule has 1 N–H and O–H groups in total. The molecule has 0 atom stereocenters. The molecule has 0 aliphatic carbocycles. The zero-order valence-corrected chi connectivity index (χ0v) is 15.9. The second-order valence-corrected chi connectivity index (χ2v) is 6.90. The van der Waals surface area contributed by atoms with Gasteiger partial charge >= 0.3 is 0 Å². The monoisotopic (exact) mass is 341 g/mol. The lowest BCUT2D eigenvalue weighted by molar-refractivity contribution is 0.328. The fraction of sp³-hybridized carbons (Fsp3) is 0.350. The molecule has 0 amide bonds. The van der Waals surface area contributed by atoms with Crippen LogP contribution < -0.4 is 5.32 Å². The van der Waals surface area contributed by atoms with Crippen molar-refractivity contribution in [2.45, 2.75) is 20.4 Å². The summed E-state index contributed by atoms with van der Waals surface area (Å²) < 4.78 is 0. The molecule has 0 aromatic heterocycles. The van der Waals surface area contributed by atoms with Crippen molar-refractivity contribution in [2.75, 3.05) is 32.5 Å². The molecule has 2 rings (SSSR count). The van der Waals surface area contributed by atoms with Gasteiger partial charge in [0.05, 0.1) is 0 Å². The van der Waals surface area contributed by atoms with Crippen LogP contribution in [0.25, 0.3) is 0 Å². The van der Waals surface area contributed by atoms with Gasteiger partial charge in [0.15, 0.2) is 5.11 Å². The van der Waals surface area contributed by atoms with Crippen molar-refractivity contribution in [2.24, 2.45) is 0 Å². The average molecular weight is 342 g/mol. The van der Waals surface area contributed by atoms with E-state index in [1.807, 2.05) is 6.07 Å². The van der Waals surface area contributed by atoms with Gasteiger partial charge in [-0.15, -0.1) is 0 Å². The summed E-state index contributed by atoms with van der Waals surface area (Å²) in [5.74, 6) is 0. The van der Waals surface area contributed by atoms with Crippen molar-refractivity contribution < 1.29 is 0 Å². The van der Waals surface area contributed by atoms with Crippen LogP contribution in [0.1, 0.15) is 16.7 Å². The molecule has 2 aromatic rings. The number of hydrogen-bond donors (Lipinski definition) is 1. The van der Waals surface area contributed by atoms with Gasteiger partial charge in [0, 0.05) is 25.3 Å². The van der Waals surface area contributed by atoms with Crippen molar-refractivity contribution in [3.63, 3.8) is 0 Å². The molecule has 0 spiro atoms. The molecule has 128 valence electrons. The van der Waals surface area contributed by atoms with Crippen LogP contribution in [0, 0.1) is 13.8 Å². The summed E-state index contributed by atoms with van der Waals surface area (Å²) in [6, 6.07) is 16.9.